The van der Waals surface area contributed by atoms with Crippen LogP contribution in [0, 0.1) is 34.0 Å². The summed E-state index contributed by atoms with van der Waals surface area (Å²) in [6.45, 7) is 0. The molecule has 68 heavy (non-hydrogen) atoms. The van der Waals surface area contributed by atoms with Gasteiger partial charge in [-0.05, 0) is 105 Å². The summed E-state index contributed by atoms with van der Waals surface area (Å²) < 4.78 is 4.57. The maximum Gasteiger partial charge on any atom is 0.0993 e. The highest BCUT2D eigenvalue weighted by atomic mass is 15.0. The Kier molecular flexibility index (Phi) is 9.58. The summed E-state index contributed by atoms with van der Waals surface area (Å²) in [6.07, 6.45) is 0. The molecule has 314 valence electrons. The predicted octanol–water partition coefficient (Wildman–Crippen LogP) is 15.8. The van der Waals surface area contributed by atoms with Crippen LogP contribution < -0.4 is 0 Å². The molecule has 0 fully saturated rings. The lowest BCUT2D eigenvalue weighted by Gasteiger charge is -2.22. The maximum absolute atomic E-state index is 11.2. The van der Waals surface area contributed by atoms with E-state index < -0.39 is 0 Å². The monoisotopic (exact) mass is 863 g/mol. The molecule has 0 saturated heterocycles. The fourth-order valence-corrected chi connectivity index (χ4v) is 10.0. The van der Waals surface area contributed by atoms with Crippen molar-refractivity contribution in [1.82, 2.24) is 9.13 Å². The Balaban J connectivity index is 1.28. The molecular weight excluding hydrogens is 827 g/mol. The van der Waals surface area contributed by atoms with Crippen LogP contribution >= 0.6 is 0 Å². The number of rotatable bonds is 7. The maximum atomic E-state index is 11.2. The Labute approximate surface area is 393 Å². The second-order valence-corrected chi connectivity index (χ2v) is 17.1. The molecule has 12 aromatic rings. The third kappa shape index (κ3) is 6.69. The van der Waals surface area contributed by atoms with Gasteiger partial charge in [0, 0.05) is 27.1 Å². The molecule has 0 spiro atoms. The number of hydrogen-bond donors (Lipinski definition) is 0. The van der Waals surface area contributed by atoms with Gasteiger partial charge in [-0.1, -0.05) is 170 Å². The fraction of sp³-hybridized carbons (Fsp3) is 0. The zero-order chi connectivity index (χ0) is 45.7. The van der Waals surface area contributed by atoms with Crippen LogP contribution in [0.4, 0.5) is 0 Å². The van der Waals surface area contributed by atoms with E-state index in [2.05, 4.69) is 197 Å². The van der Waals surface area contributed by atoms with E-state index in [1.165, 1.54) is 0 Å². The molecule has 0 aliphatic carbocycles. The minimum absolute atomic E-state index is 0.361. The quantitative estimate of drug-likeness (QED) is 0.160. The Morgan fingerprint density at radius 3 is 0.809 bits per heavy atom. The van der Waals surface area contributed by atoms with Crippen LogP contribution in [0.15, 0.2) is 224 Å². The third-order valence-corrected chi connectivity index (χ3v) is 13.2. The minimum Gasteiger partial charge on any atom is -0.308 e. The van der Waals surface area contributed by atoms with Crippen molar-refractivity contribution in [2.24, 2.45) is 0 Å². The van der Waals surface area contributed by atoms with E-state index in [4.69, 9.17) is 0 Å². The van der Waals surface area contributed by atoms with Crippen LogP contribution in [-0.4, -0.2) is 9.13 Å². The molecular formula is C63H37N5. The molecule has 0 amide bonds. The topological polar surface area (TPSA) is 81.2 Å². The van der Waals surface area contributed by atoms with Gasteiger partial charge in [0.2, 0.25) is 0 Å². The number of nitriles is 3. The first-order chi connectivity index (χ1) is 33.6. The molecule has 5 nitrogen and oxygen atoms in total. The summed E-state index contributed by atoms with van der Waals surface area (Å²) in [6, 6.07) is 84.4. The van der Waals surface area contributed by atoms with Crippen LogP contribution in [-0.2, 0) is 0 Å². The predicted molar refractivity (Wildman–Crippen MR) is 276 cm³/mol. The highest BCUT2D eigenvalue weighted by Crippen LogP contribution is 2.45. The number of fused-ring (bicyclic) bond motifs is 6. The van der Waals surface area contributed by atoms with Crippen molar-refractivity contribution in [3.8, 4) is 85.2 Å². The van der Waals surface area contributed by atoms with Crippen LogP contribution in [0.3, 0.4) is 0 Å². The van der Waals surface area contributed by atoms with E-state index in [-0.39, 0.29) is 0 Å². The summed E-state index contributed by atoms with van der Waals surface area (Å²) in [4.78, 5) is 0. The van der Waals surface area contributed by atoms with E-state index in [1.807, 2.05) is 48.5 Å². The van der Waals surface area contributed by atoms with Gasteiger partial charge in [-0.25, -0.2) is 0 Å². The van der Waals surface area contributed by atoms with Crippen molar-refractivity contribution in [3.63, 3.8) is 0 Å². The van der Waals surface area contributed by atoms with Crippen LogP contribution in [0.5, 0.6) is 0 Å². The summed E-state index contributed by atoms with van der Waals surface area (Å²) in [5, 5.41) is 36.4. The molecule has 12 rings (SSSR count). The molecule has 0 bridgehead atoms. The van der Waals surface area contributed by atoms with Gasteiger partial charge in [-0.2, -0.15) is 15.8 Å². The van der Waals surface area contributed by atoms with E-state index in [0.29, 0.717) is 22.3 Å². The van der Waals surface area contributed by atoms with Crippen LogP contribution in [0.1, 0.15) is 16.7 Å². The molecule has 0 aliphatic rings. The van der Waals surface area contributed by atoms with Crippen LogP contribution in [0.2, 0.25) is 0 Å². The molecule has 0 N–H and O–H groups in total. The lowest BCUT2D eigenvalue weighted by Crippen LogP contribution is -2.06. The molecule has 0 saturated carbocycles. The van der Waals surface area contributed by atoms with Crippen LogP contribution in [0.25, 0.3) is 111 Å². The van der Waals surface area contributed by atoms with E-state index in [0.717, 1.165) is 105 Å². The SMILES string of the molecule is N#Cc1cc(C#N)cc(-c2c(-n3c4cc(-c5ccccc5)ccc4c4ccc(-c5ccccc5)cc43)cc(C#N)cc2-n2c3cc(-c4ccccc4)ccc3c3ccc(-c4ccccc4)cc32)c1. The van der Waals surface area contributed by atoms with Gasteiger partial charge in [0.15, 0.2) is 0 Å². The minimum atomic E-state index is 0.361. The first-order valence-electron chi connectivity index (χ1n) is 22.5. The number of hydrogen-bond acceptors (Lipinski definition) is 3. The van der Waals surface area contributed by atoms with Gasteiger partial charge in [-0.15, -0.1) is 0 Å². The van der Waals surface area contributed by atoms with Crippen molar-refractivity contribution in [2.75, 3.05) is 0 Å². The van der Waals surface area contributed by atoms with Crippen molar-refractivity contribution in [2.45, 2.75) is 0 Å². The zero-order valence-corrected chi connectivity index (χ0v) is 36.6. The largest absolute Gasteiger partial charge is 0.308 e. The smallest absolute Gasteiger partial charge is 0.0993 e. The number of nitrogens with zero attached hydrogens (tertiary/aromatic N) is 5. The highest BCUT2D eigenvalue weighted by molar-refractivity contribution is 6.14. The molecule has 2 heterocycles. The second-order valence-electron chi connectivity index (χ2n) is 17.1. The fourth-order valence-electron chi connectivity index (χ4n) is 10.0. The molecule has 0 radical (unpaired) electrons. The van der Waals surface area contributed by atoms with E-state index in [1.54, 1.807) is 6.07 Å². The lowest BCUT2D eigenvalue weighted by molar-refractivity contribution is 1.13. The van der Waals surface area contributed by atoms with Gasteiger partial charge in [0.1, 0.15) is 0 Å². The molecule has 2 aromatic heterocycles. The lowest BCUT2D eigenvalue weighted by atomic mass is 9.95. The van der Waals surface area contributed by atoms with Gasteiger partial charge < -0.3 is 9.13 Å². The number of aromatic nitrogens is 2. The molecule has 0 unspecified atom stereocenters. The Bertz CT molecular complexity index is 3640. The normalized spacial score (nSPS) is 11.2. The van der Waals surface area contributed by atoms with Crippen molar-refractivity contribution < 1.29 is 0 Å². The Hall–Kier alpha value is -9.73. The molecule has 5 heteroatoms. The average molecular weight is 864 g/mol. The zero-order valence-electron chi connectivity index (χ0n) is 36.6. The molecule has 0 atom stereocenters. The second kappa shape index (κ2) is 16.4. The summed E-state index contributed by atoms with van der Waals surface area (Å²) in [7, 11) is 0. The summed E-state index contributed by atoms with van der Waals surface area (Å²) in [5.74, 6) is 0. The number of benzene rings is 10. The summed E-state index contributed by atoms with van der Waals surface area (Å²) in [5.41, 5.74) is 16.4. The molecule has 10 aromatic carbocycles. The third-order valence-electron chi connectivity index (χ3n) is 13.2. The van der Waals surface area contributed by atoms with E-state index in [9.17, 15) is 15.8 Å². The van der Waals surface area contributed by atoms with E-state index >= 15 is 0 Å². The van der Waals surface area contributed by atoms with Gasteiger partial charge >= 0.3 is 0 Å². The van der Waals surface area contributed by atoms with Gasteiger partial charge in [0.05, 0.1) is 68.3 Å². The standard InChI is InChI=1S/C63H37N5/c64-38-41-29-42(39-65)31-52(30-41)63-61(67-57-34-48(44-13-5-1-6-14-44)21-25-53(57)54-26-22-49(35-58(54)67)45-15-7-2-8-16-45)32-43(40-66)33-62(63)68-59-36-50(46-17-9-3-10-18-46)23-27-55(59)56-28-24-51(37-60(56)68)47-19-11-4-12-20-47/h1-37H. The van der Waals surface area contributed by atoms with Crippen molar-refractivity contribution >= 4 is 43.6 Å². The first-order valence-corrected chi connectivity index (χ1v) is 22.5. The Morgan fingerprint density at radius 1 is 0.250 bits per heavy atom. The first kappa shape index (κ1) is 39.8. The highest BCUT2D eigenvalue weighted by Gasteiger charge is 2.25. The van der Waals surface area contributed by atoms with Gasteiger partial charge in [-0.3, -0.25) is 0 Å². The molecule has 0 aliphatic heterocycles. The van der Waals surface area contributed by atoms with Crippen molar-refractivity contribution in [1.29, 1.82) is 15.8 Å². The van der Waals surface area contributed by atoms with Crippen molar-refractivity contribution in [3.05, 3.63) is 241 Å². The Morgan fingerprint density at radius 2 is 0.529 bits per heavy atom. The average Bonchev–Trinajstić information content (AvgIpc) is 3.92. The van der Waals surface area contributed by atoms with Gasteiger partial charge in [0.25, 0.3) is 0 Å². The summed E-state index contributed by atoms with van der Waals surface area (Å²) >= 11 is 0.